The van der Waals surface area contributed by atoms with E-state index in [0.717, 1.165) is 18.1 Å². The van der Waals surface area contributed by atoms with Crippen molar-refractivity contribution in [2.24, 2.45) is 10.7 Å². The van der Waals surface area contributed by atoms with Gasteiger partial charge in [-0.3, -0.25) is 0 Å². The van der Waals surface area contributed by atoms with Crippen LogP contribution >= 0.6 is 35.3 Å². The van der Waals surface area contributed by atoms with E-state index >= 15 is 0 Å². The molecule has 1 aromatic rings. The molecule has 17 heavy (non-hydrogen) atoms. The molecule has 0 aliphatic carbocycles. The molecule has 0 unspecified atom stereocenters. The fourth-order valence-electron chi connectivity index (χ4n) is 1.85. The first kappa shape index (κ1) is 14.7. The number of likely N-dealkylation sites (tertiary alicyclic amines) is 1. The minimum Gasteiger partial charge on any atom is -0.370 e. The van der Waals surface area contributed by atoms with E-state index in [2.05, 4.69) is 21.8 Å². The van der Waals surface area contributed by atoms with Gasteiger partial charge in [-0.05, 0) is 26.2 Å². The van der Waals surface area contributed by atoms with Gasteiger partial charge in [-0.2, -0.15) is 0 Å². The second-order valence-electron chi connectivity index (χ2n) is 4.09. The lowest BCUT2D eigenvalue weighted by Gasteiger charge is -2.27. The second-order valence-corrected chi connectivity index (χ2v) is 5.41. The van der Waals surface area contributed by atoms with Crippen LogP contribution in [0.25, 0.3) is 0 Å². The molecule has 4 nitrogen and oxygen atoms in total. The highest BCUT2D eigenvalue weighted by atomic mass is 127. The van der Waals surface area contributed by atoms with E-state index < -0.39 is 0 Å². The highest BCUT2D eigenvalue weighted by Crippen LogP contribution is 2.13. The number of hydrogen-bond donors (Lipinski definition) is 1. The summed E-state index contributed by atoms with van der Waals surface area (Å²) in [6.45, 7) is 4.76. The Kier molecular flexibility index (Phi) is 6.18. The predicted molar refractivity (Wildman–Crippen MR) is 83.0 cm³/mol. The molecule has 1 aliphatic rings. The molecule has 1 aliphatic heterocycles. The maximum atomic E-state index is 5.96. The normalized spacial score (nSPS) is 16.8. The van der Waals surface area contributed by atoms with Crippen molar-refractivity contribution < 1.29 is 0 Å². The van der Waals surface area contributed by atoms with Crippen LogP contribution in [0.5, 0.6) is 0 Å². The van der Waals surface area contributed by atoms with Gasteiger partial charge in [-0.1, -0.05) is 0 Å². The van der Waals surface area contributed by atoms with Gasteiger partial charge in [0.25, 0.3) is 0 Å². The van der Waals surface area contributed by atoms with Crippen LogP contribution in [-0.4, -0.2) is 28.9 Å². The lowest BCUT2D eigenvalue weighted by Crippen LogP contribution is -2.40. The monoisotopic (exact) mass is 366 g/mol. The Bertz CT molecular complexity index is 371. The minimum atomic E-state index is 0. The number of rotatable bonds is 2. The number of piperidine rings is 1. The third-order valence-electron chi connectivity index (χ3n) is 2.73. The summed E-state index contributed by atoms with van der Waals surface area (Å²) in [6.07, 6.45) is 5.65. The number of guanidine groups is 1. The molecule has 2 heterocycles. The van der Waals surface area contributed by atoms with Crippen molar-refractivity contribution >= 4 is 41.3 Å². The van der Waals surface area contributed by atoms with Gasteiger partial charge < -0.3 is 10.6 Å². The van der Waals surface area contributed by atoms with Gasteiger partial charge in [0.2, 0.25) is 0 Å². The van der Waals surface area contributed by atoms with Crippen LogP contribution in [0.3, 0.4) is 0 Å². The summed E-state index contributed by atoms with van der Waals surface area (Å²) in [5, 5.41) is 1.04. The largest absolute Gasteiger partial charge is 0.370 e. The maximum Gasteiger partial charge on any atom is 0.191 e. The molecule has 2 rings (SSSR count). The summed E-state index contributed by atoms with van der Waals surface area (Å²) in [5.74, 6) is 0.674. The number of aryl methyl sites for hydroxylation is 1. The van der Waals surface area contributed by atoms with E-state index in [9.17, 15) is 0 Å². The van der Waals surface area contributed by atoms with E-state index in [0.29, 0.717) is 12.5 Å². The lowest BCUT2D eigenvalue weighted by atomic mass is 10.1. The second kappa shape index (κ2) is 7.15. The number of aliphatic imine (C=N–C) groups is 1. The standard InChI is InChI=1S/C11H18N4S.HI/c1-9-7-13-10(16-9)8-14-11(12)15-5-3-2-4-6-15;/h7H,2-6,8H2,1H3,(H2,12,14);1H. The average Bonchev–Trinajstić information content (AvgIpc) is 2.73. The van der Waals surface area contributed by atoms with Gasteiger partial charge >= 0.3 is 0 Å². The van der Waals surface area contributed by atoms with Crippen molar-refractivity contribution in [3.05, 3.63) is 16.1 Å². The van der Waals surface area contributed by atoms with Gasteiger partial charge in [0.1, 0.15) is 5.01 Å². The van der Waals surface area contributed by atoms with Crippen LogP contribution < -0.4 is 5.73 Å². The number of nitrogens with zero attached hydrogens (tertiary/aromatic N) is 3. The number of aromatic nitrogens is 1. The Balaban J connectivity index is 0.00000144. The fourth-order valence-corrected chi connectivity index (χ4v) is 2.56. The number of thiazole rings is 1. The van der Waals surface area contributed by atoms with E-state index in [1.54, 1.807) is 11.3 Å². The Morgan fingerprint density at radius 1 is 1.47 bits per heavy atom. The predicted octanol–water partition coefficient (Wildman–Crippen LogP) is 2.37. The minimum absolute atomic E-state index is 0. The van der Waals surface area contributed by atoms with Gasteiger partial charge in [0.05, 0.1) is 6.54 Å². The summed E-state index contributed by atoms with van der Waals surface area (Å²) in [4.78, 5) is 12.1. The van der Waals surface area contributed by atoms with Gasteiger partial charge in [-0.25, -0.2) is 9.98 Å². The summed E-state index contributed by atoms with van der Waals surface area (Å²) in [5.41, 5.74) is 5.96. The third-order valence-corrected chi connectivity index (χ3v) is 3.62. The zero-order valence-electron chi connectivity index (χ0n) is 10.1. The molecule has 0 aromatic carbocycles. The molecule has 1 saturated heterocycles. The van der Waals surface area contributed by atoms with Crippen molar-refractivity contribution in [3.63, 3.8) is 0 Å². The zero-order valence-corrected chi connectivity index (χ0v) is 13.2. The molecular weight excluding hydrogens is 347 g/mol. The molecule has 0 amide bonds. The summed E-state index contributed by atoms with van der Waals surface area (Å²) in [6, 6.07) is 0. The van der Waals surface area contributed by atoms with E-state index in [1.165, 1.54) is 24.1 Å². The molecule has 0 radical (unpaired) electrons. The molecule has 0 bridgehead atoms. The van der Waals surface area contributed by atoms with Crippen molar-refractivity contribution in [2.75, 3.05) is 13.1 Å². The lowest BCUT2D eigenvalue weighted by molar-refractivity contribution is 0.338. The molecule has 6 heteroatoms. The van der Waals surface area contributed by atoms with Crippen molar-refractivity contribution in [1.82, 2.24) is 9.88 Å². The highest BCUT2D eigenvalue weighted by molar-refractivity contribution is 14.0. The smallest absolute Gasteiger partial charge is 0.191 e. The molecule has 96 valence electrons. The van der Waals surface area contributed by atoms with Crippen molar-refractivity contribution in [1.29, 1.82) is 0 Å². The average molecular weight is 366 g/mol. The van der Waals surface area contributed by atoms with E-state index in [-0.39, 0.29) is 24.0 Å². The summed E-state index contributed by atoms with van der Waals surface area (Å²) < 4.78 is 0. The molecular formula is C11H19IN4S. The van der Waals surface area contributed by atoms with E-state index in [1.807, 2.05) is 6.20 Å². The summed E-state index contributed by atoms with van der Waals surface area (Å²) in [7, 11) is 0. The van der Waals surface area contributed by atoms with Crippen molar-refractivity contribution in [3.8, 4) is 0 Å². The Morgan fingerprint density at radius 2 is 2.18 bits per heavy atom. The molecule has 1 fully saturated rings. The van der Waals surface area contributed by atoms with Gasteiger partial charge in [0.15, 0.2) is 5.96 Å². The third kappa shape index (κ3) is 4.42. The zero-order chi connectivity index (χ0) is 11.4. The number of hydrogen-bond acceptors (Lipinski definition) is 3. The van der Waals surface area contributed by atoms with Crippen LogP contribution in [0, 0.1) is 6.92 Å². The topological polar surface area (TPSA) is 54.5 Å². The summed E-state index contributed by atoms with van der Waals surface area (Å²) >= 11 is 1.68. The van der Waals surface area contributed by atoms with Crippen LogP contribution in [0.4, 0.5) is 0 Å². The molecule has 0 saturated carbocycles. The fraction of sp³-hybridized carbons (Fsp3) is 0.636. The molecule has 0 atom stereocenters. The maximum absolute atomic E-state index is 5.96. The van der Waals surface area contributed by atoms with Gasteiger partial charge in [-0.15, -0.1) is 35.3 Å². The Hall–Kier alpha value is -0.370. The first-order chi connectivity index (χ1) is 7.75. The molecule has 1 aromatic heterocycles. The number of halogens is 1. The quantitative estimate of drug-likeness (QED) is 0.497. The Morgan fingerprint density at radius 3 is 2.76 bits per heavy atom. The number of nitrogens with two attached hydrogens (primary N) is 1. The van der Waals surface area contributed by atoms with Gasteiger partial charge in [0, 0.05) is 24.2 Å². The van der Waals surface area contributed by atoms with E-state index in [4.69, 9.17) is 5.73 Å². The molecule has 0 spiro atoms. The van der Waals surface area contributed by atoms with Crippen LogP contribution in [0.15, 0.2) is 11.2 Å². The van der Waals surface area contributed by atoms with Crippen molar-refractivity contribution in [2.45, 2.75) is 32.7 Å². The molecule has 2 N–H and O–H groups in total. The Labute approximate surface area is 123 Å². The first-order valence-electron chi connectivity index (χ1n) is 5.72. The van der Waals surface area contributed by atoms with Crippen LogP contribution in [0.1, 0.15) is 29.1 Å². The van der Waals surface area contributed by atoms with Crippen LogP contribution in [-0.2, 0) is 6.54 Å². The highest BCUT2D eigenvalue weighted by Gasteiger charge is 2.11. The SMILES string of the molecule is Cc1cnc(CN=C(N)N2CCCCC2)s1.I. The first-order valence-corrected chi connectivity index (χ1v) is 6.53. The van der Waals surface area contributed by atoms with Crippen LogP contribution in [0.2, 0.25) is 0 Å².